The molecule has 2 rings (SSSR count). The second-order valence-electron chi connectivity index (χ2n) is 4.66. The molecule has 0 aliphatic heterocycles. The summed E-state index contributed by atoms with van der Waals surface area (Å²) in [5.41, 5.74) is -0.540. The van der Waals surface area contributed by atoms with E-state index in [0.29, 0.717) is 0 Å². The molecule has 0 radical (unpaired) electrons. The lowest BCUT2D eigenvalue weighted by atomic mass is 10.2. The first kappa shape index (κ1) is 14.4. The molecule has 0 atom stereocenters. The normalized spacial score (nSPS) is 14.9. The maximum absolute atomic E-state index is 12.1. The van der Waals surface area contributed by atoms with E-state index in [4.69, 9.17) is 5.14 Å². The van der Waals surface area contributed by atoms with Crippen LogP contribution in [0.2, 0.25) is 0 Å². The summed E-state index contributed by atoms with van der Waals surface area (Å²) in [4.78, 5) is 23.2. The Morgan fingerprint density at radius 1 is 1.40 bits per heavy atom. The van der Waals surface area contributed by atoms with E-state index in [1.807, 2.05) is 0 Å². The van der Waals surface area contributed by atoms with Gasteiger partial charge in [0.15, 0.2) is 0 Å². The third-order valence-corrected chi connectivity index (χ3v) is 3.99. The van der Waals surface area contributed by atoms with Gasteiger partial charge in [-0.25, -0.2) is 13.6 Å². The highest BCUT2D eigenvalue weighted by Crippen LogP contribution is 2.28. The number of sulfonamides is 1. The molecule has 0 unspecified atom stereocenters. The molecular formula is C11H13N3O5S. The fourth-order valence-electron chi connectivity index (χ4n) is 1.81. The minimum atomic E-state index is -4.12. The van der Waals surface area contributed by atoms with Crippen LogP contribution in [0.25, 0.3) is 0 Å². The van der Waals surface area contributed by atoms with E-state index in [-0.39, 0.29) is 11.6 Å². The number of carbonyl (C=O) groups is 1. The minimum Gasteiger partial charge on any atom is -0.339 e. The van der Waals surface area contributed by atoms with Gasteiger partial charge in [0.25, 0.3) is 11.6 Å². The van der Waals surface area contributed by atoms with Gasteiger partial charge in [-0.15, -0.1) is 0 Å². The number of nitrogens with two attached hydrogens (primary N) is 1. The predicted octanol–water partition coefficient (Wildman–Crippen LogP) is 0.477. The number of rotatable bonds is 4. The Morgan fingerprint density at radius 2 is 2.00 bits per heavy atom. The van der Waals surface area contributed by atoms with Crippen LogP contribution in [0.5, 0.6) is 0 Å². The van der Waals surface area contributed by atoms with Crippen LogP contribution in [0, 0.1) is 10.1 Å². The third kappa shape index (κ3) is 2.94. The van der Waals surface area contributed by atoms with Crippen molar-refractivity contribution < 1.29 is 18.1 Å². The summed E-state index contributed by atoms with van der Waals surface area (Å²) in [6.07, 6.45) is 1.75. The van der Waals surface area contributed by atoms with Gasteiger partial charge in [-0.1, -0.05) is 0 Å². The maximum atomic E-state index is 12.1. The Hall–Kier alpha value is -2.00. The van der Waals surface area contributed by atoms with E-state index in [1.54, 1.807) is 7.05 Å². The Labute approximate surface area is 115 Å². The summed E-state index contributed by atoms with van der Waals surface area (Å²) in [7, 11) is -2.54. The number of nitrogens with zero attached hydrogens (tertiary/aromatic N) is 2. The zero-order chi connectivity index (χ0) is 15.1. The summed E-state index contributed by atoms with van der Waals surface area (Å²) in [5, 5.41) is 15.8. The molecule has 9 heteroatoms. The lowest BCUT2D eigenvalue weighted by molar-refractivity contribution is -0.385. The molecule has 1 aromatic carbocycles. The molecule has 0 aromatic heterocycles. The van der Waals surface area contributed by atoms with Crippen LogP contribution in [-0.4, -0.2) is 37.2 Å². The molecule has 20 heavy (non-hydrogen) atoms. The predicted molar refractivity (Wildman–Crippen MR) is 69.6 cm³/mol. The molecule has 0 spiro atoms. The zero-order valence-corrected chi connectivity index (χ0v) is 11.5. The van der Waals surface area contributed by atoms with Crippen LogP contribution < -0.4 is 5.14 Å². The van der Waals surface area contributed by atoms with Gasteiger partial charge in [0.1, 0.15) is 0 Å². The van der Waals surface area contributed by atoms with Gasteiger partial charge >= 0.3 is 0 Å². The molecule has 0 heterocycles. The summed E-state index contributed by atoms with van der Waals surface area (Å²) in [5.74, 6) is -0.457. The van der Waals surface area contributed by atoms with E-state index >= 15 is 0 Å². The number of hydrogen-bond acceptors (Lipinski definition) is 5. The summed E-state index contributed by atoms with van der Waals surface area (Å²) < 4.78 is 22.7. The summed E-state index contributed by atoms with van der Waals surface area (Å²) in [6.45, 7) is 0. The van der Waals surface area contributed by atoms with Gasteiger partial charge in [0.05, 0.1) is 9.82 Å². The molecule has 8 nitrogen and oxygen atoms in total. The Kier molecular flexibility index (Phi) is 3.48. The van der Waals surface area contributed by atoms with E-state index in [0.717, 1.165) is 31.0 Å². The average molecular weight is 299 g/mol. The quantitative estimate of drug-likeness (QED) is 0.639. The van der Waals surface area contributed by atoms with Gasteiger partial charge in [-0.3, -0.25) is 14.9 Å². The topological polar surface area (TPSA) is 124 Å². The molecule has 2 N–H and O–H groups in total. The number of benzene rings is 1. The number of nitro benzene ring substituents is 1. The maximum Gasteiger partial charge on any atom is 0.271 e. The average Bonchev–Trinajstić information content (AvgIpc) is 3.19. The first-order valence-corrected chi connectivity index (χ1v) is 7.34. The molecular weight excluding hydrogens is 286 g/mol. The molecule has 1 fully saturated rings. The van der Waals surface area contributed by atoms with Crippen molar-refractivity contribution in [3.63, 3.8) is 0 Å². The van der Waals surface area contributed by atoms with E-state index < -0.39 is 31.4 Å². The summed E-state index contributed by atoms with van der Waals surface area (Å²) in [6, 6.07) is 3.06. The number of carbonyl (C=O) groups excluding carboxylic acids is 1. The van der Waals surface area contributed by atoms with Gasteiger partial charge in [-0.2, -0.15) is 0 Å². The molecule has 1 saturated carbocycles. The van der Waals surface area contributed by atoms with Gasteiger partial charge in [0, 0.05) is 30.8 Å². The van der Waals surface area contributed by atoms with Gasteiger partial charge in [0.2, 0.25) is 10.0 Å². The number of non-ortho nitro benzene ring substituents is 1. The standard InChI is InChI=1S/C11H13N3O5S/c1-13(8-2-3-8)11(15)7-4-9(14(16)17)6-10(5-7)20(12,18)19/h4-6,8H,2-3H2,1H3,(H2,12,18,19). The van der Waals surface area contributed by atoms with Crippen molar-refractivity contribution in [1.29, 1.82) is 0 Å². The van der Waals surface area contributed by atoms with Crippen molar-refractivity contribution in [3.05, 3.63) is 33.9 Å². The highest BCUT2D eigenvalue weighted by atomic mass is 32.2. The monoisotopic (exact) mass is 299 g/mol. The molecule has 1 aromatic rings. The number of hydrogen-bond donors (Lipinski definition) is 1. The smallest absolute Gasteiger partial charge is 0.271 e. The van der Waals surface area contributed by atoms with Crippen molar-refractivity contribution in [2.24, 2.45) is 5.14 Å². The van der Waals surface area contributed by atoms with Crippen molar-refractivity contribution in [3.8, 4) is 0 Å². The highest BCUT2D eigenvalue weighted by molar-refractivity contribution is 7.89. The molecule has 108 valence electrons. The third-order valence-electron chi connectivity index (χ3n) is 3.09. The number of nitro groups is 1. The SMILES string of the molecule is CN(C(=O)c1cc([N+](=O)[O-])cc(S(N)(=O)=O)c1)C1CC1. The Bertz CT molecular complexity index is 681. The number of amides is 1. The van der Waals surface area contributed by atoms with E-state index in [1.165, 1.54) is 4.90 Å². The first-order chi connectivity index (χ1) is 9.20. The van der Waals surface area contributed by atoms with Crippen molar-refractivity contribution in [2.45, 2.75) is 23.8 Å². The Morgan fingerprint density at radius 3 is 2.45 bits per heavy atom. The van der Waals surface area contributed by atoms with Crippen LogP contribution in [0.3, 0.4) is 0 Å². The second kappa shape index (κ2) is 4.84. The van der Waals surface area contributed by atoms with E-state index in [2.05, 4.69) is 0 Å². The van der Waals surface area contributed by atoms with Crippen molar-refractivity contribution in [2.75, 3.05) is 7.05 Å². The highest BCUT2D eigenvalue weighted by Gasteiger charge is 2.31. The molecule has 1 aliphatic rings. The molecule has 0 bridgehead atoms. The fourth-order valence-corrected chi connectivity index (χ4v) is 2.38. The fraction of sp³-hybridized carbons (Fsp3) is 0.364. The van der Waals surface area contributed by atoms with Crippen molar-refractivity contribution >= 4 is 21.6 Å². The largest absolute Gasteiger partial charge is 0.339 e. The van der Waals surface area contributed by atoms with Gasteiger partial charge in [-0.05, 0) is 18.9 Å². The molecule has 0 saturated heterocycles. The van der Waals surface area contributed by atoms with Crippen molar-refractivity contribution in [1.82, 2.24) is 4.90 Å². The van der Waals surface area contributed by atoms with Crippen LogP contribution in [0.1, 0.15) is 23.2 Å². The second-order valence-corrected chi connectivity index (χ2v) is 6.23. The van der Waals surface area contributed by atoms with Crippen LogP contribution in [0.4, 0.5) is 5.69 Å². The van der Waals surface area contributed by atoms with Crippen LogP contribution in [-0.2, 0) is 10.0 Å². The first-order valence-electron chi connectivity index (χ1n) is 5.79. The van der Waals surface area contributed by atoms with Crippen LogP contribution in [0.15, 0.2) is 23.1 Å². The minimum absolute atomic E-state index is 0.0578. The Balaban J connectivity index is 2.49. The lowest BCUT2D eigenvalue weighted by Crippen LogP contribution is -2.29. The molecule has 1 aliphatic carbocycles. The summed E-state index contributed by atoms with van der Waals surface area (Å²) >= 11 is 0. The zero-order valence-electron chi connectivity index (χ0n) is 10.6. The van der Waals surface area contributed by atoms with Crippen LogP contribution >= 0.6 is 0 Å². The van der Waals surface area contributed by atoms with E-state index in [9.17, 15) is 23.3 Å². The van der Waals surface area contributed by atoms with Gasteiger partial charge < -0.3 is 4.90 Å². The lowest BCUT2D eigenvalue weighted by Gasteiger charge is -2.16. The molecule has 1 amide bonds. The number of primary sulfonamides is 1.